The first-order valence-corrected chi connectivity index (χ1v) is 17.6. The number of nitrogens with zero attached hydrogens (tertiary/aromatic N) is 4. The van der Waals surface area contributed by atoms with E-state index in [1.807, 2.05) is 54.3 Å². The molecule has 4 rings (SSSR count). The first kappa shape index (κ1) is 37.7. The van der Waals surface area contributed by atoms with Crippen LogP contribution in [0.15, 0.2) is 53.6 Å². The smallest absolute Gasteiger partial charge is 0.248 e. The standard InChI is InChI=1S/C36H50N4O7S/c1-24(2)17-27-19-39(32(42)22-45-4)20-31(46-5)34(44)30(41)21-47-16-10-9-15-40(27)33(43)23-48-36-28-18-25(3)13-14-29(28)37-35(38-36)26-11-7-6-8-12-26/h6-8,11-14,18,24,27,30-31,34,41,44H,9-10,15-17,19-23H2,1-5H3/t27-,30+,31+,34+/m0/s1. The first-order valence-electron chi connectivity index (χ1n) is 16.6. The lowest BCUT2D eigenvalue weighted by Gasteiger charge is -2.38. The Morgan fingerprint density at radius 2 is 1.81 bits per heavy atom. The molecule has 3 aromatic rings. The van der Waals surface area contributed by atoms with Crippen LogP contribution in [0, 0.1) is 12.8 Å². The Balaban J connectivity index is 1.66. The van der Waals surface area contributed by atoms with E-state index in [2.05, 4.69) is 19.9 Å². The molecule has 1 saturated heterocycles. The number of aliphatic hydroxyl groups is 2. The van der Waals surface area contributed by atoms with Crippen molar-refractivity contribution in [3.8, 4) is 11.4 Å². The number of thioether (sulfide) groups is 1. The number of carbonyl (C=O) groups excluding carboxylic acids is 2. The van der Waals surface area contributed by atoms with Crippen LogP contribution < -0.4 is 0 Å². The lowest BCUT2D eigenvalue weighted by Crippen LogP contribution is -2.54. The average Bonchev–Trinajstić information content (AvgIpc) is 3.07. The van der Waals surface area contributed by atoms with Crippen LogP contribution in [-0.2, 0) is 23.8 Å². The summed E-state index contributed by atoms with van der Waals surface area (Å²) in [6, 6.07) is 15.6. The fraction of sp³-hybridized carbons (Fsp3) is 0.556. The average molecular weight is 683 g/mol. The van der Waals surface area contributed by atoms with Crippen LogP contribution in [0.5, 0.6) is 0 Å². The predicted octanol–water partition coefficient (Wildman–Crippen LogP) is 3.96. The molecule has 4 atom stereocenters. The predicted molar refractivity (Wildman–Crippen MR) is 187 cm³/mol. The van der Waals surface area contributed by atoms with Gasteiger partial charge in [-0.1, -0.05) is 67.6 Å². The second-order valence-electron chi connectivity index (χ2n) is 12.7. The normalized spacial score (nSPS) is 21.8. The SMILES string of the molecule is COCC(=O)N1C[C@H](CC(C)C)N(C(=O)CSc2nc(-c3ccccc3)nc3ccc(C)cc23)CCCCOC[C@@H](O)[C@@H](O)[C@H](OC)C1. The van der Waals surface area contributed by atoms with Gasteiger partial charge in [0.2, 0.25) is 11.8 Å². The lowest BCUT2D eigenvalue weighted by atomic mass is 10.00. The third kappa shape index (κ3) is 10.4. The maximum Gasteiger partial charge on any atom is 0.248 e. The molecule has 1 aromatic heterocycles. The van der Waals surface area contributed by atoms with Crippen molar-refractivity contribution in [3.63, 3.8) is 0 Å². The van der Waals surface area contributed by atoms with Gasteiger partial charge < -0.3 is 34.2 Å². The largest absolute Gasteiger partial charge is 0.388 e. The molecule has 1 fully saturated rings. The minimum atomic E-state index is -1.28. The Hall–Kier alpha value is -3.13. The molecule has 0 spiro atoms. The maximum absolute atomic E-state index is 14.3. The van der Waals surface area contributed by atoms with Crippen molar-refractivity contribution in [2.45, 2.75) is 69.4 Å². The van der Waals surface area contributed by atoms with Gasteiger partial charge in [-0.15, -0.1) is 0 Å². The fourth-order valence-electron chi connectivity index (χ4n) is 5.93. The summed E-state index contributed by atoms with van der Waals surface area (Å²) in [7, 11) is 2.88. The van der Waals surface area contributed by atoms with Crippen molar-refractivity contribution in [1.29, 1.82) is 0 Å². The number of hydrogen-bond donors (Lipinski definition) is 2. The molecule has 0 radical (unpaired) electrons. The van der Waals surface area contributed by atoms with Crippen molar-refractivity contribution in [1.82, 2.24) is 19.8 Å². The fourth-order valence-corrected chi connectivity index (χ4v) is 6.83. The molecular weight excluding hydrogens is 632 g/mol. The van der Waals surface area contributed by atoms with Crippen LogP contribution >= 0.6 is 11.8 Å². The number of rotatable bonds is 9. The molecule has 2 heterocycles. The Labute approximate surface area is 288 Å². The number of methoxy groups -OCH3 is 2. The highest BCUT2D eigenvalue weighted by molar-refractivity contribution is 8.00. The Morgan fingerprint density at radius 3 is 2.52 bits per heavy atom. The number of aryl methyl sites for hydroxylation is 1. The second kappa shape index (κ2) is 18.6. The van der Waals surface area contributed by atoms with Crippen LogP contribution in [0.1, 0.15) is 38.7 Å². The highest BCUT2D eigenvalue weighted by atomic mass is 32.2. The van der Waals surface area contributed by atoms with Crippen LogP contribution in [-0.4, -0.2) is 126 Å². The quantitative estimate of drug-likeness (QED) is 0.252. The number of hydrogen-bond acceptors (Lipinski definition) is 10. The molecule has 0 bridgehead atoms. The Kier molecular flexibility index (Phi) is 14.6. The van der Waals surface area contributed by atoms with Gasteiger partial charge in [0.1, 0.15) is 29.9 Å². The minimum Gasteiger partial charge on any atom is -0.388 e. The van der Waals surface area contributed by atoms with E-state index >= 15 is 0 Å². The van der Waals surface area contributed by atoms with Gasteiger partial charge in [-0.3, -0.25) is 9.59 Å². The third-order valence-corrected chi connectivity index (χ3v) is 9.42. The minimum absolute atomic E-state index is 0.0107. The number of aliphatic hydroxyl groups excluding tert-OH is 2. The lowest BCUT2D eigenvalue weighted by molar-refractivity contribution is -0.145. The highest BCUT2D eigenvalue weighted by Gasteiger charge is 2.33. The third-order valence-electron chi connectivity index (χ3n) is 8.44. The molecule has 262 valence electrons. The molecule has 2 aromatic carbocycles. The van der Waals surface area contributed by atoms with E-state index in [-0.39, 0.29) is 55.8 Å². The Morgan fingerprint density at radius 1 is 1.04 bits per heavy atom. The van der Waals surface area contributed by atoms with E-state index in [1.165, 1.54) is 26.0 Å². The number of amides is 2. The van der Waals surface area contributed by atoms with Crippen molar-refractivity contribution in [2.75, 3.05) is 59.4 Å². The molecule has 2 amide bonds. The zero-order valence-electron chi connectivity index (χ0n) is 28.7. The zero-order valence-corrected chi connectivity index (χ0v) is 29.5. The van der Waals surface area contributed by atoms with E-state index in [0.29, 0.717) is 38.2 Å². The van der Waals surface area contributed by atoms with E-state index in [0.717, 1.165) is 27.1 Å². The number of carbonyl (C=O) groups is 2. The molecule has 1 aliphatic rings. The molecular formula is C36H50N4O7S. The molecule has 11 nitrogen and oxygen atoms in total. The molecule has 0 aliphatic carbocycles. The van der Waals surface area contributed by atoms with Gasteiger partial charge in [-0.25, -0.2) is 9.97 Å². The first-order chi connectivity index (χ1) is 23.1. The van der Waals surface area contributed by atoms with Gasteiger partial charge in [0.25, 0.3) is 0 Å². The molecule has 48 heavy (non-hydrogen) atoms. The number of aromatic nitrogens is 2. The summed E-state index contributed by atoms with van der Waals surface area (Å²) in [4.78, 5) is 40.9. The summed E-state index contributed by atoms with van der Waals surface area (Å²) < 4.78 is 16.4. The van der Waals surface area contributed by atoms with Crippen LogP contribution in [0.25, 0.3) is 22.3 Å². The summed E-state index contributed by atoms with van der Waals surface area (Å²) in [6.07, 6.45) is -1.35. The number of fused-ring (bicyclic) bond motifs is 1. The van der Waals surface area contributed by atoms with Crippen molar-refractivity contribution in [2.24, 2.45) is 5.92 Å². The van der Waals surface area contributed by atoms with Crippen molar-refractivity contribution in [3.05, 3.63) is 54.1 Å². The second-order valence-corrected chi connectivity index (χ2v) is 13.7. The van der Waals surface area contributed by atoms with Crippen LogP contribution in [0.3, 0.4) is 0 Å². The maximum atomic E-state index is 14.3. The summed E-state index contributed by atoms with van der Waals surface area (Å²) in [5, 5.41) is 23.1. The molecule has 2 N–H and O–H groups in total. The van der Waals surface area contributed by atoms with Crippen LogP contribution in [0.4, 0.5) is 0 Å². The summed E-state index contributed by atoms with van der Waals surface area (Å²) in [5.41, 5.74) is 2.79. The summed E-state index contributed by atoms with van der Waals surface area (Å²) >= 11 is 1.40. The molecule has 1 aliphatic heterocycles. The number of benzene rings is 2. The molecule has 12 heteroatoms. The van der Waals surface area contributed by atoms with E-state index < -0.39 is 18.3 Å². The van der Waals surface area contributed by atoms with E-state index in [1.54, 1.807) is 4.90 Å². The monoisotopic (exact) mass is 682 g/mol. The van der Waals surface area contributed by atoms with E-state index in [9.17, 15) is 19.8 Å². The Bertz CT molecular complexity index is 1480. The van der Waals surface area contributed by atoms with Gasteiger partial charge in [-0.05, 0) is 44.2 Å². The van der Waals surface area contributed by atoms with E-state index in [4.69, 9.17) is 24.2 Å². The number of ether oxygens (including phenoxy) is 3. The molecule has 0 saturated carbocycles. The van der Waals surface area contributed by atoms with Gasteiger partial charge >= 0.3 is 0 Å². The van der Waals surface area contributed by atoms with Gasteiger partial charge in [0.05, 0.1) is 17.9 Å². The highest BCUT2D eigenvalue weighted by Crippen LogP contribution is 2.30. The van der Waals surface area contributed by atoms with Gasteiger partial charge in [0.15, 0.2) is 5.82 Å². The van der Waals surface area contributed by atoms with Crippen molar-refractivity contribution < 1.29 is 34.0 Å². The van der Waals surface area contributed by atoms with Gasteiger partial charge in [0, 0.05) is 57.5 Å². The van der Waals surface area contributed by atoms with Crippen LogP contribution in [0.2, 0.25) is 0 Å². The zero-order chi connectivity index (χ0) is 34.6. The molecule has 0 unspecified atom stereocenters. The summed E-state index contributed by atoms with van der Waals surface area (Å²) in [5.74, 6) is 0.628. The topological polar surface area (TPSA) is 135 Å². The van der Waals surface area contributed by atoms with Crippen molar-refractivity contribution >= 4 is 34.5 Å². The summed E-state index contributed by atoms with van der Waals surface area (Å²) in [6.45, 7) is 7.06. The van der Waals surface area contributed by atoms with Gasteiger partial charge in [-0.2, -0.15) is 0 Å².